The van der Waals surface area contributed by atoms with Gasteiger partial charge in [-0.15, -0.1) is 6.58 Å². The highest BCUT2D eigenvalue weighted by molar-refractivity contribution is 5.75. The van der Waals surface area contributed by atoms with Crippen molar-refractivity contribution in [2.45, 2.75) is 98.0 Å². The Hall–Kier alpha value is -5.88. The molecule has 12 nitrogen and oxygen atoms in total. The van der Waals surface area contributed by atoms with Gasteiger partial charge < -0.3 is 19.1 Å². The van der Waals surface area contributed by atoms with Gasteiger partial charge in [0.05, 0.1) is 58.7 Å². The number of ether oxygens (including phenoxy) is 3. The minimum atomic E-state index is -0.171. The van der Waals surface area contributed by atoms with E-state index in [1.54, 1.807) is 30.3 Å². The lowest BCUT2D eigenvalue weighted by Crippen LogP contribution is -2.31. The van der Waals surface area contributed by atoms with Crippen molar-refractivity contribution in [2.75, 3.05) is 31.2 Å². The molecule has 4 aromatic carbocycles. The molecule has 0 N–H and O–H groups in total. The van der Waals surface area contributed by atoms with E-state index in [0.29, 0.717) is 47.9 Å². The van der Waals surface area contributed by atoms with Gasteiger partial charge in [-0.2, -0.15) is 30.7 Å². The number of esters is 2. The summed E-state index contributed by atoms with van der Waals surface area (Å²) in [5.41, 5.74) is 6.42. The first-order chi connectivity index (χ1) is 30.7. The van der Waals surface area contributed by atoms with E-state index in [-0.39, 0.29) is 29.9 Å². The Morgan fingerprint density at radius 1 is 0.635 bits per heavy atom. The molecular weight excluding hydrogens is 791 g/mol. The number of unbranched alkanes of at least 4 members (excludes halogenated alkanes) is 1. The molecule has 1 unspecified atom stereocenters. The molecule has 0 spiro atoms. The Kier molecular flexibility index (Phi) is 17.8. The molecule has 2 fully saturated rings. The number of benzene rings is 4. The van der Waals surface area contributed by atoms with Crippen molar-refractivity contribution in [1.29, 1.82) is 0 Å². The number of nitrogens with zero attached hydrogens (tertiary/aromatic N) is 7. The van der Waals surface area contributed by atoms with E-state index in [9.17, 15) is 9.59 Å². The lowest BCUT2D eigenvalue weighted by atomic mass is 9.69. The molecule has 0 aromatic heterocycles. The van der Waals surface area contributed by atoms with Gasteiger partial charge in [-0.3, -0.25) is 9.59 Å². The maximum atomic E-state index is 13.1. The van der Waals surface area contributed by atoms with Crippen LogP contribution in [0.4, 0.5) is 39.8 Å². The number of rotatable bonds is 20. The molecular formula is C51H63N7O5. The Balaban J connectivity index is 0.881. The summed E-state index contributed by atoms with van der Waals surface area (Å²) in [6.45, 7) is 15.0. The monoisotopic (exact) mass is 853 g/mol. The van der Waals surface area contributed by atoms with Crippen LogP contribution in [0.25, 0.3) is 0 Å². The number of hydrogen-bond acceptors (Lipinski definition) is 12. The molecule has 0 saturated heterocycles. The van der Waals surface area contributed by atoms with E-state index in [4.69, 9.17) is 14.2 Å². The lowest BCUT2D eigenvalue weighted by molar-refractivity contribution is -0.150. The minimum absolute atomic E-state index is 0.00608. The van der Waals surface area contributed by atoms with Crippen LogP contribution in [0.5, 0.6) is 5.75 Å². The molecule has 4 aromatic rings. The van der Waals surface area contributed by atoms with E-state index < -0.39 is 0 Å². The average molecular weight is 854 g/mol. The SMILES string of the molecule is C=CC(C)OCCCCOC(=O)C1CCC(C2CCC(C(=O)Oc3ccc(N=Nc4ccc(N=Nc5ccc(N=Nc6ccc(N(CC)CC)cc6)cc5C)cc4)cc3)CC2)CC1. The van der Waals surface area contributed by atoms with E-state index in [0.717, 1.165) is 99.9 Å². The second kappa shape index (κ2) is 24.1. The smallest absolute Gasteiger partial charge is 0.314 e. The Morgan fingerprint density at radius 2 is 1.10 bits per heavy atom. The molecule has 2 aliphatic rings. The summed E-state index contributed by atoms with van der Waals surface area (Å²) in [7, 11) is 0. The van der Waals surface area contributed by atoms with Gasteiger partial charge in [0, 0.05) is 25.4 Å². The summed E-state index contributed by atoms with van der Waals surface area (Å²) in [6.07, 6.45) is 11.1. The first-order valence-electron chi connectivity index (χ1n) is 22.7. The summed E-state index contributed by atoms with van der Waals surface area (Å²) >= 11 is 0. The largest absolute Gasteiger partial charge is 0.465 e. The van der Waals surface area contributed by atoms with Gasteiger partial charge in [-0.25, -0.2) is 0 Å². The third-order valence-electron chi connectivity index (χ3n) is 12.3. The maximum Gasteiger partial charge on any atom is 0.314 e. The summed E-state index contributed by atoms with van der Waals surface area (Å²) < 4.78 is 17.0. The predicted octanol–water partition coefficient (Wildman–Crippen LogP) is 14.5. The van der Waals surface area contributed by atoms with Crippen LogP contribution in [0.3, 0.4) is 0 Å². The number of anilines is 1. The molecule has 0 amide bonds. The summed E-state index contributed by atoms with van der Waals surface area (Å²) in [4.78, 5) is 28.0. The molecule has 332 valence electrons. The van der Waals surface area contributed by atoms with Crippen LogP contribution in [0.2, 0.25) is 0 Å². The summed E-state index contributed by atoms with van der Waals surface area (Å²) in [5, 5.41) is 26.4. The molecule has 2 aliphatic carbocycles. The van der Waals surface area contributed by atoms with Gasteiger partial charge in [0.25, 0.3) is 0 Å². The van der Waals surface area contributed by atoms with E-state index >= 15 is 0 Å². The first-order valence-corrected chi connectivity index (χ1v) is 22.7. The number of carbonyl (C=O) groups excluding carboxylic acids is 2. The molecule has 6 rings (SSSR count). The number of carbonyl (C=O) groups is 2. The molecule has 2 saturated carbocycles. The fourth-order valence-electron chi connectivity index (χ4n) is 8.33. The van der Waals surface area contributed by atoms with E-state index in [1.165, 1.54) is 5.69 Å². The van der Waals surface area contributed by atoms with Gasteiger partial charge in [0.15, 0.2) is 0 Å². The van der Waals surface area contributed by atoms with Crippen molar-refractivity contribution >= 4 is 51.8 Å². The van der Waals surface area contributed by atoms with Crippen LogP contribution in [0.1, 0.15) is 90.5 Å². The minimum Gasteiger partial charge on any atom is -0.465 e. The molecule has 0 bridgehead atoms. The second-order valence-corrected chi connectivity index (χ2v) is 16.6. The first kappa shape index (κ1) is 46.6. The van der Waals surface area contributed by atoms with Crippen molar-refractivity contribution in [2.24, 2.45) is 54.4 Å². The second-order valence-electron chi connectivity index (χ2n) is 16.6. The molecule has 0 radical (unpaired) electrons. The summed E-state index contributed by atoms with van der Waals surface area (Å²) in [5.74, 6) is 1.39. The van der Waals surface area contributed by atoms with Crippen LogP contribution in [0.15, 0.2) is 134 Å². The van der Waals surface area contributed by atoms with Crippen molar-refractivity contribution in [3.05, 3.63) is 109 Å². The van der Waals surface area contributed by atoms with Gasteiger partial charge in [-0.1, -0.05) is 6.08 Å². The average Bonchev–Trinajstić information content (AvgIpc) is 3.32. The van der Waals surface area contributed by atoms with Crippen LogP contribution < -0.4 is 9.64 Å². The zero-order chi connectivity index (χ0) is 44.4. The topological polar surface area (TPSA) is 139 Å². The lowest BCUT2D eigenvalue weighted by Gasteiger charge is -2.36. The van der Waals surface area contributed by atoms with Crippen molar-refractivity contribution in [3.8, 4) is 5.75 Å². The van der Waals surface area contributed by atoms with E-state index in [2.05, 4.69) is 68.1 Å². The van der Waals surface area contributed by atoms with Crippen molar-refractivity contribution in [1.82, 2.24) is 0 Å². The summed E-state index contributed by atoms with van der Waals surface area (Å²) in [6, 6.07) is 28.3. The number of hydrogen-bond donors (Lipinski definition) is 0. The molecule has 63 heavy (non-hydrogen) atoms. The highest BCUT2D eigenvalue weighted by atomic mass is 16.5. The highest BCUT2D eigenvalue weighted by Gasteiger charge is 2.35. The standard InChI is InChI=1S/C51H63N7O5/c1-6-37(5)61-33-9-10-34-62-50(59)40-15-11-38(12-16-40)39-13-17-41(18-14-39)51(60)63-48-30-25-45(26-31-48)53-52-42-19-21-43(22-20-42)55-57-49-32-27-46(35-36(49)4)56-54-44-23-28-47(29-24-44)58(7-2)8-3/h6,19-32,35,37-41H,1,7-18,33-34H2,2-5H3. The zero-order valence-corrected chi connectivity index (χ0v) is 37.4. The fourth-order valence-corrected chi connectivity index (χ4v) is 8.33. The van der Waals surface area contributed by atoms with Crippen molar-refractivity contribution in [3.63, 3.8) is 0 Å². The normalized spacial score (nSPS) is 19.6. The van der Waals surface area contributed by atoms with Gasteiger partial charge in [0.1, 0.15) is 5.75 Å². The quantitative estimate of drug-likeness (QED) is 0.0285. The molecule has 0 heterocycles. The molecule has 1 atom stereocenters. The van der Waals surface area contributed by atoms with Crippen LogP contribution in [-0.4, -0.2) is 44.3 Å². The number of azo groups is 3. The Bertz CT molecular complexity index is 2150. The third kappa shape index (κ3) is 14.3. The maximum absolute atomic E-state index is 13.1. The number of aryl methyl sites for hydroxylation is 1. The van der Waals surface area contributed by atoms with Crippen LogP contribution in [0, 0.1) is 30.6 Å². The Morgan fingerprint density at radius 3 is 1.62 bits per heavy atom. The van der Waals surface area contributed by atoms with Gasteiger partial charge in [-0.05, 0) is 200 Å². The molecule has 12 heteroatoms. The predicted molar refractivity (Wildman–Crippen MR) is 249 cm³/mol. The Labute approximate surface area is 373 Å². The van der Waals surface area contributed by atoms with Crippen LogP contribution >= 0.6 is 0 Å². The highest BCUT2D eigenvalue weighted by Crippen LogP contribution is 2.42. The zero-order valence-electron chi connectivity index (χ0n) is 37.4. The van der Waals surface area contributed by atoms with Gasteiger partial charge >= 0.3 is 11.9 Å². The van der Waals surface area contributed by atoms with Crippen molar-refractivity contribution < 1.29 is 23.8 Å². The molecule has 0 aliphatic heterocycles. The van der Waals surface area contributed by atoms with E-state index in [1.807, 2.05) is 68.4 Å². The third-order valence-corrected chi connectivity index (χ3v) is 12.3. The van der Waals surface area contributed by atoms with Crippen LogP contribution in [-0.2, 0) is 19.1 Å². The van der Waals surface area contributed by atoms with Gasteiger partial charge in [0.2, 0.25) is 0 Å². The fraction of sp³-hybridized carbons (Fsp3) is 0.451.